The van der Waals surface area contributed by atoms with Gasteiger partial charge in [-0.3, -0.25) is 0 Å². The van der Waals surface area contributed by atoms with Gasteiger partial charge in [-0.2, -0.15) is 0 Å². The first kappa shape index (κ1) is 39.2. The average Bonchev–Trinajstić information content (AvgIpc) is 3.38. The van der Waals surface area contributed by atoms with Crippen molar-refractivity contribution in [3.8, 4) is 33.4 Å². The highest BCUT2D eigenvalue weighted by Crippen LogP contribution is 2.46. The monoisotopic (exact) mass is 822 g/mol. The smallest absolute Gasteiger partial charge is 0.0546 e. The summed E-state index contributed by atoms with van der Waals surface area (Å²) in [6.07, 6.45) is 6.62. The molecule has 0 spiro atoms. The lowest BCUT2D eigenvalue weighted by Crippen LogP contribution is -2.11. The first-order valence-corrected chi connectivity index (χ1v) is 22.9. The van der Waals surface area contributed by atoms with Crippen molar-refractivity contribution in [2.45, 2.75) is 38.0 Å². The van der Waals surface area contributed by atoms with E-state index in [1.54, 1.807) is 0 Å². The van der Waals surface area contributed by atoms with Crippen molar-refractivity contribution in [1.29, 1.82) is 0 Å². The van der Waals surface area contributed by atoms with Crippen LogP contribution in [0.2, 0.25) is 0 Å². The maximum absolute atomic E-state index is 2.43. The third-order valence-electron chi connectivity index (χ3n) is 13.2. The molecule has 11 rings (SSSR count). The summed E-state index contributed by atoms with van der Waals surface area (Å²) in [7, 11) is 0. The second kappa shape index (κ2) is 17.6. The summed E-state index contributed by atoms with van der Waals surface area (Å²) < 4.78 is 0. The first-order chi connectivity index (χ1) is 31.7. The van der Waals surface area contributed by atoms with Crippen LogP contribution < -0.4 is 9.80 Å². The minimum Gasteiger partial charge on any atom is -0.310 e. The van der Waals surface area contributed by atoms with Crippen LogP contribution in [0.25, 0.3) is 54.9 Å². The van der Waals surface area contributed by atoms with Crippen molar-refractivity contribution < 1.29 is 0 Å². The number of benzene rings is 10. The van der Waals surface area contributed by atoms with Gasteiger partial charge in [0.05, 0.1) is 5.69 Å². The molecule has 1 fully saturated rings. The molecule has 10 aromatic rings. The topological polar surface area (TPSA) is 6.48 Å². The highest BCUT2D eigenvalue weighted by molar-refractivity contribution is 6.06. The summed E-state index contributed by atoms with van der Waals surface area (Å²) in [4.78, 5) is 4.84. The third kappa shape index (κ3) is 7.84. The molecule has 0 aromatic heterocycles. The van der Waals surface area contributed by atoms with Gasteiger partial charge in [-0.05, 0) is 140 Å². The van der Waals surface area contributed by atoms with Gasteiger partial charge < -0.3 is 9.80 Å². The van der Waals surface area contributed by atoms with Gasteiger partial charge >= 0.3 is 0 Å². The molecule has 10 aromatic carbocycles. The van der Waals surface area contributed by atoms with E-state index in [-0.39, 0.29) is 0 Å². The van der Waals surface area contributed by atoms with Crippen LogP contribution in [0.4, 0.5) is 34.1 Å². The molecule has 2 heteroatoms. The number of fused-ring (bicyclic) bond motifs is 2. The summed E-state index contributed by atoms with van der Waals surface area (Å²) in [6, 6.07) is 86.8. The van der Waals surface area contributed by atoms with Gasteiger partial charge in [0.2, 0.25) is 0 Å². The minimum absolute atomic E-state index is 0.663. The van der Waals surface area contributed by atoms with Gasteiger partial charge in [0, 0.05) is 34.0 Å². The van der Waals surface area contributed by atoms with Gasteiger partial charge in [-0.15, -0.1) is 0 Å². The van der Waals surface area contributed by atoms with Crippen molar-refractivity contribution in [2.24, 2.45) is 0 Å². The largest absolute Gasteiger partial charge is 0.310 e. The number of hydrogen-bond donors (Lipinski definition) is 0. The highest BCUT2D eigenvalue weighted by Gasteiger charge is 2.21. The van der Waals surface area contributed by atoms with Crippen molar-refractivity contribution in [3.05, 3.63) is 242 Å². The average molecular weight is 823 g/mol. The fraction of sp³-hybridized carbons (Fsp3) is 0.0968. The van der Waals surface area contributed by atoms with Crippen molar-refractivity contribution in [3.63, 3.8) is 0 Å². The number of hydrogen-bond acceptors (Lipinski definition) is 2. The molecule has 0 amide bonds. The first-order valence-electron chi connectivity index (χ1n) is 22.9. The van der Waals surface area contributed by atoms with Gasteiger partial charge in [-0.25, -0.2) is 0 Å². The van der Waals surface area contributed by atoms with E-state index in [1.165, 1.54) is 87.0 Å². The van der Waals surface area contributed by atoms with Gasteiger partial charge in [0.25, 0.3) is 0 Å². The SMILES string of the molecule is c1ccc(-c2ccc(N(c3ccc(C4CCCCC4)cc3)c3cccc(-c4ccc(N(c5ccc6ccccc6c5)c5ccc6ccccc6c5-c5ccccc5)cc4)c3)cc2)cc1. The summed E-state index contributed by atoms with van der Waals surface area (Å²) in [6.45, 7) is 0. The molecule has 0 heterocycles. The van der Waals surface area contributed by atoms with E-state index in [9.17, 15) is 0 Å². The Morgan fingerprint density at radius 3 is 1.50 bits per heavy atom. The molecule has 0 bridgehead atoms. The number of rotatable bonds is 10. The Morgan fingerprint density at radius 1 is 0.297 bits per heavy atom. The van der Waals surface area contributed by atoms with Crippen molar-refractivity contribution in [1.82, 2.24) is 0 Å². The third-order valence-corrected chi connectivity index (χ3v) is 13.2. The standard InChI is InChI=1S/C62H50N2/c1-4-15-45(16-5-1)48-27-35-55(36-28-48)63(56-37-29-49(30-38-56)46-17-6-2-7-18-46)58-25-14-24-54(43-58)50-31-39-57(40-32-50)64(59-41-33-47-19-10-11-23-53(47)44-59)61-42-34-51-20-12-13-26-60(51)62(61)52-21-8-3-9-22-52/h1,3-5,8-16,19-44,46H,2,6-7,17-18H2. The van der Waals surface area contributed by atoms with Gasteiger partial charge in [0.1, 0.15) is 0 Å². The van der Waals surface area contributed by atoms with Crippen LogP contribution in [0.3, 0.4) is 0 Å². The number of nitrogens with zero attached hydrogens (tertiary/aromatic N) is 2. The fourth-order valence-electron chi connectivity index (χ4n) is 9.94. The lowest BCUT2D eigenvalue weighted by molar-refractivity contribution is 0.443. The maximum Gasteiger partial charge on any atom is 0.0546 e. The Balaban J connectivity index is 0.993. The second-order valence-corrected chi connectivity index (χ2v) is 17.2. The van der Waals surface area contributed by atoms with Crippen LogP contribution in [-0.4, -0.2) is 0 Å². The van der Waals surface area contributed by atoms with E-state index in [4.69, 9.17) is 0 Å². The van der Waals surface area contributed by atoms with Crippen LogP contribution >= 0.6 is 0 Å². The van der Waals surface area contributed by atoms with E-state index in [0.29, 0.717) is 5.92 Å². The Morgan fingerprint density at radius 2 is 0.797 bits per heavy atom. The molecule has 0 unspecified atom stereocenters. The molecule has 0 saturated heterocycles. The molecular formula is C62H50N2. The summed E-state index contributed by atoms with van der Waals surface area (Å²) >= 11 is 0. The Kier molecular flexibility index (Phi) is 10.8. The molecule has 1 aliphatic carbocycles. The molecule has 64 heavy (non-hydrogen) atoms. The molecular weight excluding hydrogens is 773 g/mol. The highest BCUT2D eigenvalue weighted by atomic mass is 15.1. The van der Waals surface area contributed by atoms with Crippen LogP contribution in [0.15, 0.2) is 237 Å². The van der Waals surface area contributed by atoms with E-state index in [0.717, 1.165) is 39.7 Å². The Bertz CT molecular complexity index is 3170. The molecule has 0 atom stereocenters. The summed E-state index contributed by atoms with van der Waals surface area (Å²) in [5.41, 5.74) is 15.4. The zero-order valence-corrected chi connectivity index (χ0v) is 36.0. The predicted octanol–water partition coefficient (Wildman–Crippen LogP) is 18.0. The van der Waals surface area contributed by atoms with E-state index < -0.39 is 0 Å². The van der Waals surface area contributed by atoms with Crippen LogP contribution in [0, 0.1) is 0 Å². The molecule has 1 aliphatic rings. The van der Waals surface area contributed by atoms with Crippen molar-refractivity contribution >= 4 is 55.7 Å². The van der Waals surface area contributed by atoms with Crippen LogP contribution in [0.5, 0.6) is 0 Å². The van der Waals surface area contributed by atoms with Gasteiger partial charge in [0.15, 0.2) is 0 Å². The second-order valence-electron chi connectivity index (χ2n) is 17.2. The Labute approximate surface area is 377 Å². The van der Waals surface area contributed by atoms with Crippen LogP contribution in [0.1, 0.15) is 43.6 Å². The van der Waals surface area contributed by atoms with Crippen molar-refractivity contribution in [2.75, 3.05) is 9.80 Å². The minimum atomic E-state index is 0.663. The number of anilines is 6. The van der Waals surface area contributed by atoms with E-state index >= 15 is 0 Å². The quantitative estimate of drug-likeness (QED) is 0.136. The van der Waals surface area contributed by atoms with Crippen LogP contribution in [-0.2, 0) is 0 Å². The summed E-state index contributed by atoms with van der Waals surface area (Å²) in [5.74, 6) is 0.663. The lowest BCUT2D eigenvalue weighted by Gasteiger charge is -2.29. The molecule has 2 nitrogen and oxygen atoms in total. The predicted molar refractivity (Wildman–Crippen MR) is 273 cm³/mol. The van der Waals surface area contributed by atoms with E-state index in [1.807, 2.05) is 0 Å². The van der Waals surface area contributed by atoms with Gasteiger partial charge in [-0.1, -0.05) is 189 Å². The summed E-state index contributed by atoms with van der Waals surface area (Å²) in [5, 5.41) is 4.89. The Hall–Kier alpha value is -7.68. The maximum atomic E-state index is 2.43. The zero-order valence-electron chi connectivity index (χ0n) is 36.0. The lowest BCUT2D eigenvalue weighted by atomic mass is 9.84. The van der Waals surface area contributed by atoms with E-state index in [2.05, 4.69) is 246 Å². The molecule has 1 saturated carbocycles. The molecule has 0 radical (unpaired) electrons. The normalized spacial score (nSPS) is 12.9. The molecule has 0 N–H and O–H groups in total. The molecule has 0 aliphatic heterocycles. The fourth-order valence-corrected chi connectivity index (χ4v) is 9.94. The zero-order chi connectivity index (χ0) is 42.7. The molecule has 308 valence electrons.